The number of benzene rings is 1. The average Bonchev–Trinajstić information content (AvgIpc) is 2.90. The van der Waals surface area contributed by atoms with Gasteiger partial charge >= 0.3 is 0 Å². The fraction of sp³-hybridized carbons (Fsp3) is 0.636. The third kappa shape index (κ3) is 4.57. The lowest BCUT2D eigenvalue weighted by Gasteiger charge is -2.34. The molecule has 148 valence electrons. The van der Waals surface area contributed by atoms with E-state index in [0.717, 1.165) is 23.5 Å². The Morgan fingerprint density at radius 3 is 2.70 bits per heavy atom. The van der Waals surface area contributed by atoms with Crippen molar-refractivity contribution >= 4 is 11.1 Å². The third-order valence-corrected chi connectivity index (χ3v) is 7.10. The van der Waals surface area contributed by atoms with E-state index in [1.165, 1.54) is 56.9 Å². The van der Waals surface area contributed by atoms with Gasteiger partial charge in [-0.2, -0.15) is 0 Å². The van der Waals surface area contributed by atoms with Crippen molar-refractivity contribution in [3.8, 4) is 11.5 Å². The smallest absolute Gasteiger partial charge is 0.153 e. The van der Waals surface area contributed by atoms with Gasteiger partial charge < -0.3 is 14.0 Å². The molecule has 0 aromatic heterocycles. The van der Waals surface area contributed by atoms with Gasteiger partial charge in [-0.05, 0) is 49.2 Å². The molecule has 2 unspecified atom stereocenters. The van der Waals surface area contributed by atoms with Crippen LogP contribution in [0.25, 0.3) is 0 Å². The number of ether oxygens (including phenoxy) is 2. The maximum atomic E-state index is 11.1. The molecule has 4 nitrogen and oxygen atoms in total. The maximum Gasteiger partial charge on any atom is 0.153 e. The predicted molar refractivity (Wildman–Crippen MR) is 108 cm³/mol. The fourth-order valence-corrected chi connectivity index (χ4v) is 5.64. The van der Waals surface area contributed by atoms with Gasteiger partial charge in [0.2, 0.25) is 0 Å². The Morgan fingerprint density at radius 1 is 1.15 bits per heavy atom. The quantitative estimate of drug-likeness (QED) is 0.554. The van der Waals surface area contributed by atoms with Gasteiger partial charge in [-0.3, -0.25) is 0 Å². The van der Waals surface area contributed by atoms with Crippen LogP contribution in [0.2, 0.25) is 0 Å². The lowest BCUT2D eigenvalue weighted by Crippen LogP contribution is -2.22. The number of hydrogen-bond acceptors (Lipinski definition) is 3. The van der Waals surface area contributed by atoms with E-state index in [2.05, 4.69) is 6.08 Å². The molecule has 3 aliphatic rings. The Labute approximate surface area is 164 Å². The molecule has 2 aliphatic carbocycles. The first-order chi connectivity index (χ1) is 13.1. The monoisotopic (exact) mass is 390 g/mol. The van der Waals surface area contributed by atoms with Crippen LogP contribution in [0.5, 0.6) is 11.5 Å². The van der Waals surface area contributed by atoms with E-state index in [0.29, 0.717) is 18.6 Å². The molecule has 1 aromatic rings. The zero-order valence-corrected chi connectivity index (χ0v) is 16.8. The molecule has 1 spiro atoms. The molecule has 5 heteroatoms. The Morgan fingerprint density at radius 2 is 1.93 bits per heavy atom. The normalized spacial score (nSPS) is 25.2. The Balaban J connectivity index is 1.40. The van der Waals surface area contributed by atoms with Crippen molar-refractivity contribution in [2.75, 3.05) is 19.0 Å². The third-order valence-electron chi connectivity index (χ3n) is 6.42. The molecular formula is C22H30O4S. The molecular weight excluding hydrogens is 360 g/mol. The summed E-state index contributed by atoms with van der Waals surface area (Å²) in [6.07, 6.45) is 14.5. The van der Waals surface area contributed by atoms with Crippen LogP contribution < -0.4 is 9.47 Å². The fourth-order valence-electron chi connectivity index (χ4n) is 5.02. The van der Waals surface area contributed by atoms with Crippen molar-refractivity contribution in [1.29, 1.82) is 0 Å². The highest BCUT2D eigenvalue weighted by atomic mass is 32.2. The standard InChI is InChI=1S/C22H30O4S/c23-27(24)16-18-15-26-21-12-19(7-8-20(18)21)25-14-17-6-5-11-22(13-17)9-3-1-2-4-10-22/h7-8,12-13,18H,1-6,9-11,14-16H2,(H,23,24). The van der Waals surface area contributed by atoms with Gasteiger partial charge in [0.1, 0.15) is 18.1 Å². The van der Waals surface area contributed by atoms with E-state index in [-0.39, 0.29) is 11.7 Å². The molecule has 0 radical (unpaired) electrons. The van der Waals surface area contributed by atoms with Crippen LogP contribution in [0.4, 0.5) is 0 Å². The van der Waals surface area contributed by atoms with Crippen molar-refractivity contribution in [2.45, 2.75) is 63.7 Å². The van der Waals surface area contributed by atoms with Gasteiger partial charge in [0.05, 0.1) is 12.4 Å². The summed E-state index contributed by atoms with van der Waals surface area (Å²) in [5.74, 6) is 1.83. The van der Waals surface area contributed by atoms with Crippen LogP contribution in [0.1, 0.15) is 69.3 Å². The second-order valence-corrected chi connectivity index (χ2v) is 9.39. The number of allylic oxidation sites excluding steroid dienone is 1. The Bertz CT molecular complexity index is 719. The predicted octanol–water partition coefficient (Wildman–Crippen LogP) is 5.21. The summed E-state index contributed by atoms with van der Waals surface area (Å²) in [6, 6.07) is 5.88. The van der Waals surface area contributed by atoms with Gasteiger partial charge in [-0.15, -0.1) is 0 Å². The molecule has 2 atom stereocenters. The summed E-state index contributed by atoms with van der Waals surface area (Å²) in [7, 11) is 0. The van der Waals surface area contributed by atoms with Crippen LogP contribution in [0, 0.1) is 5.41 Å². The van der Waals surface area contributed by atoms with Crippen molar-refractivity contribution in [3.05, 3.63) is 35.4 Å². The first-order valence-corrected chi connectivity index (χ1v) is 11.6. The van der Waals surface area contributed by atoms with E-state index >= 15 is 0 Å². The first-order valence-electron chi connectivity index (χ1n) is 10.3. The zero-order chi connectivity index (χ0) is 18.7. The second kappa shape index (κ2) is 8.36. The van der Waals surface area contributed by atoms with Crippen LogP contribution in [0.15, 0.2) is 29.8 Å². The molecule has 1 saturated carbocycles. The van der Waals surface area contributed by atoms with Crippen LogP contribution >= 0.6 is 0 Å². The summed E-state index contributed by atoms with van der Waals surface area (Å²) in [4.78, 5) is 0. The molecule has 4 rings (SSSR count). The zero-order valence-electron chi connectivity index (χ0n) is 16.0. The van der Waals surface area contributed by atoms with Crippen molar-refractivity contribution in [3.63, 3.8) is 0 Å². The molecule has 0 amide bonds. The number of fused-ring (bicyclic) bond motifs is 1. The van der Waals surface area contributed by atoms with Crippen molar-refractivity contribution in [2.24, 2.45) is 5.41 Å². The van der Waals surface area contributed by atoms with Crippen molar-refractivity contribution in [1.82, 2.24) is 0 Å². The van der Waals surface area contributed by atoms with E-state index in [9.17, 15) is 4.21 Å². The SMILES string of the molecule is O=S(O)CC1COc2cc(OCC3=CC4(CCCCCC4)CCC3)ccc21. The van der Waals surface area contributed by atoms with Gasteiger partial charge in [0.15, 0.2) is 11.1 Å². The number of hydrogen-bond donors (Lipinski definition) is 1. The van der Waals surface area contributed by atoms with Gasteiger partial charge in [0, 0.05) is 17.5 Å². The molecule has 1 fully saturated rings. The molecule has 1 aliphatic heterocycles. The van der Waals surface area contributed by atoms with E-state index in [4.69, 9.17) is 14.0 Å². The van der Waals surface area contributed by atoms with Crippen LogP contribution in [0.3, 0.4) is 0 Å². The van der Waals surface area contributed by atoms with Crippen molar-refractivity contribution < 1.29 is 18.2 Å². The lowest BCUT2D eigenvalue weighted by molar-refractivity contribution is 0.265. The molecule has 1 heterocycles. The van der Waals surface area contributed by atoms with E-state index in [1.54, 1.807) is 0 Å². The molecule has 1 aromatic carbocycles. The topological polar surface area (TPSA) is 55.8 Å². The Hall–Kier alpha value is -1.33. The van der Waals surface area contributed by atoms with E-state index in [1.807, 2.05) is 18.2 Å². The average molecular weight is 391 g/mol. The van der Waals surface area contributed by atoms with Gasteiger partial charge in [0.25, 0.3) is 0 Å². The molecule has 27 heavy (non-hydrogen) atoms. The largest absolute Gasteiger partial charge is 0.492 e. The summed E-state index contributed by atoms with van der Waals surface area (Å²) < 4.78 is 32.0. The minimum atomic E-state index is -1.80. The minimum absolute atomic E-state index is 0.00368. The summed E-state index contributed by atoms with van der Waals surface area (Å²) in [5.41, 5.74) is 2.89. The van der Waals surface area contributed by atoms with Gasteiger partial charge in [-0.25, -0.2) is 4.21 Å². The van der Waals surface area contributed by atoms with Crippen LogP contribution in [-0.4, -0.2) is 27.7 Å². The minimum Gasteiger partial charge on any atom is -0.492 e. The highest BCUT2D eigenvalue weighted by Crippen LogP contribution is 2.45. The first kappa shape index (κ1) is 19.0. The molecule has 0 saturated heterocycles. The second-order valence-electron chi connectivity index (χ2n) is 8.42. The van der Waals surface area contributed by atoms with Crippen LogP contribution in [-0.2, 0) is 11.1 Å². The lowest BCUT2D eigenvalue weighted by atomic mass is 9.71. The van der Waals surface area contributed by atoms with Gasteiger partial charge in [-0.1, -0.05) is 37.8 Å². The molecule has 1 N–H and O–H groups in total. The summed E-state index contributed by atoms with van der Waals surface area (Å²) in [5, 5.41) is 0. The highest BCUT2D eigenvalue weighted by molar-refractivity contribution is 7.79. The highest BCUT2D eigenvalue weighted by Gasteiger charge is 2.31. The Kier molecular flexibility index (Phi) is 5.88. The summed E-state index contributed by atoms with van der Waals surface area (Å²) in [6.45, 7) is 1.13. The number of rotatable bonds is 5. The van der Waals surface area contributed by atoms with E-state index < -0.39 is 11.1 Å². The maximum absolute atomic E-state index is 11.1. The summed E-state index contributed by atoms with van der Waals surface area (Å²) >= 11 is -1.80. The molecule has 0 bridgehead atoms.